The molecule has 1 unspecified atom stereocenters. The Hall–Kier alpha value is -0.0800. The molecular weight excluding hydrogens is 102 g/mol. The van der Waals surface area contributed by atoms with Crippen molar-refractivity contribution in [1.29, 1.82) is 0 Å². The highest BCUT2D eigenvalue weighted by Gasteiger charge is 2.24. The fourth-order valence-corrected chi connectivity index (χ4v) is 1.03. The molecule has 1 saturated heterocycles. The summed E-state index contributed by atoms with van der Waals surface area (Å²) in [7, 11) is 0. The van der Waals surface area contributed by atoms with Crippen molar-refractivity contribution in [3.63, 3.8) is 0 Å². The van der Waals surface area contributed by atoms with Gasteiger partial charge in [-0.25, -0.2) is 5.11 Å². The Balaban J connectivity index is 2.33. The van der Waals surface area contributed by atoms with Gasteiger partial charge in [-0.05, 0) is 26.3 Å². The van der Waals surface area contributed by atoms with E-state index in [2.05, 4.69) is 5.32 Å². The summed E-state index contributed by atoms with van der Waals surface area (Å²) in [5.41, 5.74) is -0.682. The topological polar surface area (TPSA) is 31.9 Å². The van der Waals surface area contributed by atoms with Crippen molar-refractivity contribution < 1.29 is 5.11 Å². The first-order valence-corrected chi connectivity index (χ1v) is 3.12. The van der Waals surface area contributed by atoms with Crippen molar-refractivity contribution in [2.24, 2.45) is 0 Å². The zero-order chi connectivity index (χ0) is 6.04. The summed E-state index contributed by atoms with van der Waals surface area (Å²) >= 11 is 0. The van der Waals surface area contributed by atoms with Crippen LogP contribution < -0.4 is 5.32 Å². The molecule has 0 spiro atoms. The van der Waals surface area contributed by atoms with Crippen molar-refractivity contribution in [2.45, 2.75) is 25.4 Å². The molecule has 0 saturated carbocycles. The SMILES string of the molecule is CC1([O])CCCNC1. The lowest BCUT2D eigenvalue weighted by molar-refractivity contribution is -0.0309. The van der Waals surface area contributed by atoms with Crippen LogP contribution in [0.25, 0.3) is 0 Å². The summed E-state index contributed by atoms with van der Waals surface area (Å²) in [6.07, 6.45) is 1.88. The second kappa shape index (κ2) is 2.03. The third-order valence-electron chi connectivity index (χ3n) is 1.56. The molecular formula is C6H12NO. The zero-order valence-corrected chi connectivity index (χ0v) is 5.24. The maximum Gasteiger partial charge on any atom is 0.113 e. The molecule has 0 aromatic heterocycles. The zero-order valence-electron chi connectivity index (χ0n) is 5.24. The summed E-state index contributed by atoms with van der Waals surface area (Å²) in [5, 5.41) is 14.1. The van der Waals surface area contributed by atoms with E-state index in [1.165, 1.54) is 0 Å². The van der Waals surface area contributed by atoms with Crippen molar-refractivity contribution in [2.75, 3.05) is 13.1 Å². The minimum Gasteiger partial charge on any atom is -0.314 e. The Morgan fingerprint density at radius 1 is 1.62 bits per heavy atom. The van der Waals surface area contributed by atoms with Gasteiger partial charge in [-0.3, -0.25) is 0 Å². The highest BCUT2D eigenvalue weighted by Crippen LogP contribution is 2.14. The molecule has 2 heteroatoms. The summed E-state index contributed by atoms with van der Waals surface area (Å²) in [6.45, 7) is 3.43. The van der Waals surface area contributed by atoms with E-state index in [1.54, 1.807) is 6.92 Å². The average molecular weight is 114 g/mol. The van der Waals surface area contributed by atoms with Gasteiger partial charge in [0, 0.05) is 6.54 Å². The number of hydrogen-bond acceptors (Lipinski definition) is 1. The van der Waals surface area contributed by atoms with Gasteiger partial charge in [-0.1, -0.05) is 0 Å². The molecule has 47 valence electrons. The molecule has 0 aliphatic carbocycles. The maximum absolute atomic E-state index is 11.1. The van der Waals surface area contributed by atoms with Crippen LogP contribution in [0.3, 0.4) is 0 Å². The third kappa shape index (κ3) is 1.46. The van der Waals surface area contributed by atoms with E-state index in [4.69, 9.17) is 0 Å². The molecule has 1 N–H and O–H groups in total. The molecule has 0 aromatic carbocycles. The fourth-order valence-electron chi connectivity index (χ4n) is 1.03. The maximum atomic E-state index is 11.1. The molecule has 1 radical (unpaired) electrons. The number of hydrogen-bond donors (Lipinski definition) is 1. The highest BCUT2D eigenvalue weighted by atomic mass is 16.3. The Kier molecular flexibility index (Phi) is 1.54. The first-order valence-electron chi connectivity index (χ1n) is 3.12. The van der Waals surface area contributed by atoms with Crippen molar-refractivity contribution in [3.8, 4) is 0 Å². The molecule has 8 heavy (non-hydrogen) atoms. The number of rotatable bonds is 0. The first-order chi connectivity index (χ1) is 3.71. The van der Waals surface area contributed by atoms with Gasteiger partial charge in [0.1, 0.15) is 5.60 Å². The monoisotopic (exact) mass is 114 g/mol. The minimum atomic E-state index is -0.682. The molecule has 0 aromatic rings. The van der Waals surface area contributed by atoms with Crippen molar-refractivity contribution in [1.82, 2.24) is 5.32 Å². The second-order valence-electron chi connectivity index (χ2n) is 2.73. The van der Waals surface area contributed by atoms with E-state index < -0.39 is 5.60 Å². The van der Waals surface area contributed by atoms with E-state index in [0.29, 0.717) is 6.54 Å². The van der Waals surface area contributed by atoms with E-state index >= 15 is 0 Å². The van der Waals surface area contributed by atoms with Crippen LogP contribution >= 0.6 is 0 Å². The standard InChI is InChI=1S/C6H12NO/c1-6(8)3-2-4-7-5-6/h7H,2-5H2,1H3. The molecule has 1 aliphatic rings. The second-order valence-corrected chi connectivity index (χ2v) is 2.73. The van der Waals surface area contributed by atoms with Crippen molar-refractivity contribution >= 4 is 0 Å². The van der Waals surface area contributed by atoms with Gasteiger partial charge in [0.2, 0.25) is 0 Å². The van der Waals surface area contributed by atoms with Crippen LogP contribution in [0.4, 0.5) is 0 Å². The summed E-state index contributed by atoms with van der Waals surface area (Å²) in [5.74, 6) is 0. The van der Waals surface area contributed by atoms with E-state index in [9.17, 15) is 5.11 Å². The van der Waals surface area contributed by atoms with Crippen LogP contribution in [0.5, 0.6) is 0 Å². The molecule has 1 aliphatic heterocycles. The first kappa shape index (κ1) is 6.05. The number of piperidine rings is 1. The predicted octanol–water partition coefficient (Wildman–Crippen LogP) is 0.559. The van der Waals surface area contributed by atoms with Gasteiger partial charge in [0.05, 0.1) is 0 Å². The largest absolute Gasteiger partial charge is 0.314 e. The Labute approximate surface area is 49.9 Å². The van der Waals surface area contributed by atoms with E-state index in [1.807, 2.05) is 0 Å². The average Bonchev–Trinajstić information content (AvgIpc) is 1.65. The molecule has 1 rings (SSSR count). The Bertz CT molecular complexity index is 72.6. The van der Waals surface area contributed by atoms with E-state index in [0.717, 1.165) is 19.4 Å². The summed E-state index contributed by atoms with van der Waals surface area (Å²) < 4.78 is 0. The van der Waals surface area contributed by atoms with Crippen LogP contribution in [0, 0.1) is 0 Å². The van der Waals surface area contributed by atoms with Gasteiger partial charge in [0.25, 0.3) is 0 Å². The molecule has 0 amide bonds. The molecule has 1 heterocycles. The number of nitrogens with one attached hydrogen (secondary N) is 1. The van der Waals surface area contributed by atoms with Gasteiger partial charge in [-0.2, -0.15) is 0 Å². The lowest BCUT2D eigenvalue weighted by Gasteiger charge is -2.25. The van der Waals surface area contributed by atoms with Crippen LogP contribution in [0.15, 0.2) is 0 Å². The normalized spacial score (nSPS) is 39.8. The Morgan fingerprint density at radius 3 is 2.62 bits per heavy atom. The van der Waals surface area contributed by atoms with Gasteiger partial charge in [-0.15, -0.1) is 0 Å². The predicted molar refractivity (Wildman–Crippen MR) is 31.2 cm³/mol. The van der Waals surface area contributed by atoms with E-state index in [-0.39, 0.29) is 0 Å². The quantitative estimate of drug-likeness (QED) is 0.490. The van der Waals surface area contributed by atoms with Crippen LogP contribution in [0.2, 0.25) is 0 Å². The van der Waals surface area contributed by atoms with Gasteiger partial charge in [0.15, 0.2) is 0 Å². The minimum absolute atomic E-state index is 0.646. The van der Waals surface area contributed by atoms with Crippen LogP contribution in [-0.4, -0.2) is 18.7 Å². The molecule has 2 nitrogen and oxygen atoms in total. The molecule has 1 fully saturated rings. The Morgan fingerprint density at radius 2 is 2.38 bits per heavy atom. The smallest absolute Gasteiger partial charge is 0.113 e. The lowest BCUT2D eigenvalue weighted by atomic mass is 9.97. The molecule has 0 bridgehead atoms. The van der Waals surface area contributed by atoms with Crippen LogP contribution in [0.1, 0.15) is 19.8 Å². The van der Waals surface area contributed by atoms with Gasteiger partial charge < -0.3 is 5.32 Å². The molecule has 1 atom stereocenters. The lowest BCUT2D eigenvalue weighted by Crippen LogP contribution is -2.41. The summed E-state index contributed by atoms with van der Waals surface area (Å²) in [4.78, 5) is 0. The van der Waals surface area contributed by atoms with Gasteiger partial charge >= 0.3 is 0 Å². The summed E-state index contributed by atoms with van der Waals surface area (Å²) in [6, 6.07) is 0. The third-order valence-corrected chi connectivity index (χ3v) is 1.56. The highest BCUT2D eigenvalue weighted by molar-refractivity contribution is 4.79. The fraction of sp³-hybridized carbons (Fsp3) is 1.00. The van der Waals surface area contributed by atoms with Crippen molar-refractivity contribution in [3.05, 3.63) is 0 Å². The van der Waals surface area contributed by atoms with Crippen LogP contribution in [-0.2, 0) is 5.11 Å².